The van der Waals surface area contributed by atoms with E-state index in [2.05, 4.69) is 9.88 Å². The van der Waals surface area contributed by atoms with Crippen LogP contribution in [0.2, 0.25) is 0 Å². The van der Waals surface area contributed by atoms with Crippen molar-refractivity contribution in [1.29, 1.82) is 5.41 Å². The molecule has 3 heterocycles. The van der Waals surface area contributed by atoms with Crippen LogP contribution in [0.3, 0.4) is 0 Å². The summed E-state index contributed by atoms with van der Waals surface area (Å²) in [6.07, 6.45) is 14.4. The molecule has 1 aromatic heterocycles. The highest BCUT2D eigenvalue weighted by atomic mass is 16.1. The van der Waals surface area contributed by atoms with Crippen molar-refractivity contribution < 1.29 is 4.79 Å². The zero-order valence-electron chi connectivity index (χ0n) is 21.2. The second-order valence-electron chi connectivity index (χ2n) is 11.8. The summed E-state index contributed by atoms with van der Waals surface area (Å²) in [4.78, 5) is 32.8. The Bertz CT molecular complexity index is 1210. The van der Waals surface area contributed by atoms with Crippen LogP contribution in [0.25, 0.3) is 11.0 Å². The Morgan fingerprint density at radius 1 is 0.917 bits per heavy atom. The zero-order chi connectivity index (χ0) is 24.8. The van der Waals surface area contributed by atoms with Gasteiger partial charge in [-0.05, 0) is 62.5 Å². The lowest BCUT2D eigenvalue weighted by molar-refractivity contribution is -0.117. The number of primary amides is 1. The van der Waals surface area contributed by atoms with Gasteiger partial charge in [-0.25, -0.2) is 4.98 Å². The number of para-hydroxylation sites is 2. The van der Waals surface area contributed by atoms with Crippen molar-refractivity contribution in [2.24, 2.45) is 17.6 Å². The molecule has 2 aliphatic heterocycles. The number of nitrogens with two attached hydrogens (primary N) is 1. The molecular formula is C29H39N5O2. The zero-order valence-corrected chi connectivity index (χ0v) is 21.2. The van der Waals surface area contributed by atoms with E-state index in [1.54, 1.807) is 0 Å². The standard InChI is InChI=1S/C29H39N5O2/c30-22(12-13-27(31)35)28-29(36)34(24-10-4-3-9-23(24)32-28)26-17-20-8-5-11-25(26)33(20)21-15-18-6-1-2-7-19(14-18)16-21/h3-4,9-10,18-21,25-26,30H,1-2,5-8,11-17H2,(H2,31,35)/t18?,19?,20-,21?,25+,26+/m0/s1. The van der Waals surface area contributed by atoms with Gasteiger partial charge in [0.25, 0.3) is 5.56 Å². The molecule has 4 bridgehead atoms. The largest absolute Gasteiger partial charge is 0.370 e. The van der Waals surface area contributed by atoms with Crippen molar-refractivity contribution in [3.8, 4) is 0 Å². The highest BCUT2D eigenvalue weighted by Crippen LogP contribution is 2.49. The van der Waals surface area contributed by atoms with Gasteiger partial charge in [0.2, 0.25) is 5.91 Å². The summed E-state index contributed by atoms with van der Waals surface area (Å²) in [5, 5.41) is 8.55. The van der Waals surface area contributed by atoms with Gasteiger partial charge < -0.3 is 15.7 Å². The van der Waals surface area contributed by atoms with Gasteiger partial charge in [0, 0.05) is 31.0 Å². The predicted molar refractivity (Wildman–Crippen MR) is 141 cm³/mol. The number of hydrogen-bond donors (Lipinski definition) is 2. The van der Waals surface area contributed by atoms with Crippen molar-refractivity contribution in [3.63, 3.8) is 0 Å². The van der Waals surface area contributed by atoms with Crippen LogP contribution in [-0.2, 0) is 4.79 Å². The summed E-state index contributed by atoms with van der Waals surface area (Å²) < 4.78 is 1.98. The average Bonchev–Trinajstić information content (AvgIpc) is 2.98. The highest BCUT2D eigenvalue weighted by molar-refractivity contribution is 5.99. The Morgan fingerprint density at radius 2 is 1.67 bits per heavy atom. The molecule has 4 fully saturated rings. The Kier molecular flexibility index (Phi) is 6.44. The van der Waals surface area contributed by atoms with E-state index < -0.39 is 5.91 Å². The molecule has 2 aromatic rings. The van der Waals surface area contributed by atoms with Gasteiger partial charge in [0.15, 0.2) is 0 Å². The second-order valence-corrected chi connectivity index (χ2v) is 11.8. The Balaban J connectivity index is 1.38. The summed E-state index contributed by atoms with van der Waals surface area (Å²) in [7, 11) is 0. The van der Waals surface area contributed by atoms with Crippen molar-refractivity contribution in [1.82, 2.24) is 14.5 Å². The molecule has 6 rings (SSSR count). The van der Waals surface area contributed by atoms with Gasteiger partial charge >= 0.3 is 0 Å². The molecule has 4 aliphatic rings. The third-order valence-electron chi connectivity index (χ3n) is 9.61. The monoisotopic (exact) mass is 489 g/mol. The molecule has 2 saturated heterocycles. The minimum atomic E-state index is -0.464. The van der Waals surface area contributed by atoms with Gasteiger partial charge in [-0.15, -0.1) is 0 Å². The quantitative estimate of drug-likeness (QED) is 0.581. The number of nitrogens with one attached hydrogen (secondary N) is 1. The summed E-state index contributed by atoms with van der Waals surface area (Å²) in [5.74, 6) is 1.28. The van der Waals surface area contributed by atoms with Gasteiger partial charge in [0.05, 0.1) is 22.8 Å². The van der Waals surface area contributed by atoms with Crippen LogP contribution in [0.15, 0.2) is 29.1 Å². The number of benzene rings is 1. The van der Waals surface area contributed by atoms with E-state index in [1.165, 1.54) is 57.8 Å². The Morgan fingerprint density at radius 3 is 2.42 bits per heavy atom. The maximum atomic E-state index is 14.0. The van der Waals surface area contributed by atoms with E-state index >= 15 is 0 Å². The first-order valence-corrected chi connectivity index (χ1v) is 14.1. The predicted octanol–water partition coefficient (Wildman–Crippen LogP) is 4.56. The van der Waals surface area contributed by atoms with Crippen LogP contribution in [0.4, 0.5) is 0 Å². The first kappa shape index (κ1) is 23.8. The van der Waals surface area contributed by atoms with E-state index in [0.717, 1.165) is 35.7 Å². The van der Waals surface area contributed by atoms with Gasteiger partial charge in [-0.3, -0.25) is 14.5 Å². The first-order valence-electron chi connectivity index (χ1n) is 14.1. The molecule has 7 heteroatoms. The summed E-state index contributed by atoms with van der Waals surface area (Å²) >= 11 is 0. The number of carbonyl (C=O) groups is 1. The highest BCUT2D eigenvalue weighted by Gasteiger charge is 2.49. The van der Waals surface area contributed by atoms with E-state index in [-0.39, 0.29) is 35.8 Å². The second kappa shape index (κ2) is 9.73. The molecule has 0 spiro atoms. The van der Waals surface area contributed by atoms with E-state index in [0.29, 0.717) is 18.1 Å². The number of rotatable bonds is 6. The van der Waals surface area contributed by atoms with Crippen LogP contribution < -0.4 is 11.3 Å². The van der Waals surface area contributed by atoms with Gasteiger partial charge in [-0.1, -0.05) is 44.2 Å². The van der Waals surface area contributed by atoms with Gasteiger partial charge in [0.1, 0.15) is 5.69 Å². The number of amides is 1. The third kappa shape index (κ3) is 4.29. The molecule has 3 N–H and O–H groups in total. The first-order chi connectivity index (χ1) is 17.5. The minimum absolute atomic E-state index is 0.0543. The lowest BCUT2D eigenvalue weighted by Gasteiger charge is -2.46. The summed E-state index contributed by atoms with van der Waals surface area (Å²) in [5.41, 5.74) is 7.02. The average molecular weight is 490 g/mol. The molecular weight excluding hydrogens is 450 g/mol. The molecule has 192 valence electrons. The Hall–Kier alpha value is -2.54. The van der Waals surface area contributed by atoms with Gasteiger partial charge in [-0.2, -0.15) is 0 Å². The molecule has 2 saturated carbocycles. The number of fused-ring (bicyclic) bond motifs is 5. The number of aromatic nitrogens is 2. The number of hydrogen-bond acceptors (Lipinski definition) is 5. The van der Waals surface area contributed by atoms with Crippen LogP contribution >= 0.6 is 0 Å². The molecule has 7 nitrogen and oxygen atoms in total. The minimum Gasteiger partial charge on any atom is -0.370 e. The van der Waals surface area contributed by atoms with Crippen molar-refractivity contribution in [2.75, 3.05) is 0 Å². The smallest absolute Gasteiger partial charge is 0.279 e. The van der Waals surface area contributed by atoms with E-state index in [4.69, 9.17) is 11.1 Å². The number of nitrogens with zero attached hydrogens (tertiary/aromatic N) is 3. The van der Waals surface area contributed by atoms with E-state index in [9.17, 15) is 9.59 Å². The topological polar surface area (TPSA) is 105 Å². The normalized spacial score (nSPS) is 32.3. The van der Waals surface area contributed by atoms with E-state index in [1.807, 2.05) is 28.8 Å². The fourth-order valence-electron chi connectivity index (χ4n) is 8.20. The number of piperidine rings is 1. The number of carbonyl (C=O) groups excluding carboxylic acids is 1. The maximum Gasteiger partial charge on any atom is 0.279 e. The van der Waals surface area contributed by atoms with Crippen LogP contribution in [0, 0.1) is 17.2 Å². The molecule has 2 aliphatic carbocycles. The fraction of sp³-hybridized carbons (Fsp3) is 0.655. The van der Waals surface area contributed by atoms with Crippen molar-refractivity contribution >= 4 is 22.7 Å². The molecule has 1 aromatic carbocycles. The van der Waals surface area contributed by atoms with Crippen LogP contribution in [0.1, 0.15) is 95.2 Å². The Labute approximate surface area is 213 Å². The molecule has 5 atom stereocenters. The third-order valence-corrected chi connectivity index (χ3v) is 9.61. The van der Waals surface area contributed by atoms with Crippen LogP contribution in [-0.4, -0.2) is 44.2 Å². The lowest BCUT2D eigenvalue weighted by atomic mass is 9.76. The molecule has 2 unspecified atom stereocenters. The molecule has 36 heavy (non-hydrogen) atoms. The molecule has 0 radical (unpaired) electrons. The summed E-state index contributed by atoms with van der Waals surface area (Å²) in [6, 6.07) is 9.49. The molecule has 1 amide bonds. The van der Waals surface area contributed by atoms with Crippen molar-refractivity contribution in [3.05, 3.63) is 40.3 Å². The maximum absolute atomic E-state index is 14.0. The fourth-order valence-corrected chi connectivity index (χ4v) is 8.20. The van der Waals surface area contributed by atoms with Crippen LogP contribution in [0.5, 0.6) is 0 Å². The van der Waals surface area contributed by atoms with Crippen molar-refractivity contribution in [2.45, 2.75) is 108 Å². The lowest BCUT2D eigenvalue weighted by Crippen LogP contribution is -2.51. The summed E-state index contributed by atoms with van der Waals surface area (Å²) in [6.45, 7) is 0. The SMILES string of the molecule is N=C(CCC(N)=O)c1nc2ccccc2n([C@@H]2C[C@@H]3CCC[C@H]2N3C2CC3CCCCC(C3)C2)c1=O.